The van der Waals surface area contributed by atoms with Crippen molar-refractivity contribution in [1.29, 1.82) is 0 Å². The summed E-state index contributed by atoms with van der Waals surface area (Å²) in [5, 5.41) is 4.41. The maximum Gasteiger partial charge on any atom is 0.0389 e. The van der Waals surface area contributed by atoms with Gasteiger partial charge in [-0.05, 0) is 49.9 Å². The Morgan fingerprint density at radius 1 is 1.33 bits per heavy atom. The van der Waals surface area contributed by atoms with Crippen LogP contribution in [0.15, 0.2) is 5.10 Å². The fraction of sp³-hybridized carbons (Fsp3) is 0.900. The van der Waals surface area contributed by atoms with Crippen molar-refractivity contribution in [3.63, 3.8) is 0 Å². The van der Waals surface area contributed by atoms with E-state index in [9.17, 15) is 0 Å². The van der Waals surface area contributed by atoms with E-state index < -0.39 is 0 Å². The third-order valence-corrected chi connectivity index (χ3v) is 3.43. The number of nitrogens with one attached hydrogen (secondary N) is 1. The Balaban J connectivity index is 1.41. The molecular formula is C10H16N2. The molecule has 3 aliphatic rings. The molecule has 0 aromatic heterocycles. The Morgan fingerprint density at radius 3 is 2.67 bits per heavy atom. The Labute approximate surface area is 73.4 Å². The molecule has 3 saturated carbocycles. The van der Waals surface area contributed by atoms with Crippen molar-refractivity contribution in [1.82, 2.24) is 5.43 Å². The topological polar surface area (TPSA) is 24.4 Å². The summed E-state index contributed by atoms with van der Waals surface area (Å²) in [5.74, 6) is 0.948. The zero-order valence-electron chi connectivity index (χ0n) is 7.47. The number of nitrogens with zero attached hydrogens (tertiary/aromatic N) is 1. The second-order valence-corrected chi connectivity index (χ2v) is 4.84. The minimum Gasteiger partial charge on any atom is -0.310 e. The average molecular weight is 164 g/mol. The highest BCUT2D eigenvalue weighted by atomic mass is 15.3. The van der Waals surface area contributed by atoms with Crippen molar-refractivity contribution < 1.29 is 0 Å². The van der Waals surface area contributed by atoms with Gasteiger partial charge in [0.05, 0.1) is 0 Å². The molecule has 1 spiro atoms. The molecule has 2 nitrogen and oxygen atoms in total. The Morgan fingerprint density at radius 2 is 2.08 bits per heavy atom. The standard InChI is InChI=1S/C10H16N2/c1-2-8(1)7-11-12-9-5-10(6-9)3-4-10/h8,11H,1-7H2. The van der Waals surface area contributed by atoms with Gasteiger partial charge in [0.2, 0.25) is 0 Å². The fourth-order valence-electron chi connectivity index (χ4n) is 2.03. The summed E-state index contributed by atoms with van der Waals surface area (Å²) < 4.78 is 0. The highest BCUT2D eigenvalue weighted by Gasteiger charge is 2.51. The molecule has 66 valence electrons. The molecule has 0 atom stereocenters. The predicted molar refractivity (Wildman–Crippen MR) is 49.1 cm³/mol. The van der Waals surface area contributed by atoms with Gasteiger partial charge in [-0.25, -0.2) is 0 Å². The molecule has 0 radical (unpaired) electrons. The van der Waals surface area contributed by atoms with Gasteiger partial charge in [-0.1, -0.05) is 0 Å². The van der Waals surface area contributed by atoms with E-state index in [1.165, 1.54) is 44.2 Å². The molecule has 0 bridgehead atoms. The molecule has 0 aliphatic heterocycles. The van der Waals surface area contributed by atoms with Crippen LogP contribution in [0.3, 0.4) is 0 Å². The van der Waals surface area contributed by atoms with Crippen LogP contribution in [0.2, 0.25) is 0 Å². The van der Waals surface area contributed by atoms with Crippen molar-refractivity contribution in [2.45, 2.75) is 38.5 Å². The summed E-state index contributed by atoms with van der Waals surface area (Å²) in [6, 6.07) is 0. The van der Waals surface area contributed by atoms with E-state index in [1.807, 2.05) is 0 Å². The molecule has 0 aromatic carbocycles. The Bertz CT molecular complexity index is 214. The first-order chi connectivity index (χ1) is 5.86. The first-order valence-electron chi connectivity index (χ1n) is 5.15. The van der Waals surface area contributed by atoms with Crippen molar-refractivity contribution in [3.05, 3.63) is 0 Å². The SMILES string of the molecule is C1CC1CNN=C1CC2(CC2)C1. The van der Waals surface area contributed by atoms with Gasteiger partial charge < -0.3 is 5.43 Å². The zero-order chi connectivity index (χ0) is 8.02. The summed E-state index contributed by atoms with van der Waals surface area (Å²) in [4.78, 5) is 0. The van der Waals surface area contributed by atoms with E-state index in [4.69, 9.17) is 0 Å². The van der Waals surface area contributed by atoms with Gasteiger partial charge in [-0.2, -0.15) is 5.10 Å². The third kappa shape index (κ3) is 1.23. The lowest BCUT2D eigenvalue weighted by atomic mass is 9.80. The molecule has 2 heteroatoms. The highest BCUT2D eigenvalue weighted by Crippen LogP contribution is 2.59. The normalized spacial score (nSPS) is 29.8. The van der Waals surface area contributed by atoms with Crippen LogP contribution in [0.1, 0.15) is 38.5 Å². The largest absolute Gasteiger partial charge is 0.310 e. The van der Waals surface area contributed by atoms with E-state index >= 15 is 0 Å². The summed E-state index contributed by atoms with van der Waals surface area (Å²) in [7, 11) is 0. The smallest absolute Gasteiger partial charge is 0.0389 e. The van der Waals surface area contributed by atoms with E-state index in [-0.39, 0.29) is 0 Å². The third-order valence-electron chi connectivity index (χ3n) is 3.43. The maximum atomic E-state index is 4.41. The molecule has 3 fully saturated rings. The second-order valence-electron chi connectivity index (χ2n) is 4.84. The molecule has 1 N–H and O–H groups in total. The number of hydrazone groups is 1. The molecule has 3 rings (SSSR count). The van der Waals surface area contributed by atoms with Gasteiger partial charge in [-0.3, -0.25) is 0 Å². The molecular weight excluding hydrogens is 148 g/mol. The molecule has 0 aromatic rings. The van der Waals surface area contributed by atoms with Gasteiger partial charge in [-0.15, -0.1) is 0 Å². The van der Waals surface area contributed by atoms with Crippen molar-refractivity contribution in [2.75, 3.05) is 6.54 Å². The Hall–Kier alpha value is -0.530. The molecule has 0 unspecified atom stereocenters. The lowest BCUT2D eigenvalue weighted by molar-refractivity contribution is 0.473. The van der Waals surface area contributed by atoms with E-state index in [0.29, 0.717) is 0 Å². The average Bonchev–Trinajstić information content (AvgIpc) is 2.78. The minimum absolute atomic E-state index is 0.778. The Kier molecular flexibility index (Phi) is 1.29. The van der Waals surface area contributed by atoms with E-state index in [0.717, 1.165) is 17.9 Å². The van der Waals surface area contributed by atoms with Crippen LogP contribution in [0.4, 0.5) is 0 Å². The van der Waals surface area contributed by atoms with Gasteiger partial charge in [0.25, 0.3) is 0 Å². The number of rotatable bonds is 3. The van der Waals surface area contributed by atoms with Gasteiger partial charge in [0, 0.05) is 12.3 Å². The van der Waals surface area contributed by atoms with Gasteiger partial charge in [0.15, 0.2) is 0 Å². The second kappa shape index (κ2) is 2.24. The van der Waals surface area contributed by atoms with Gasteiger partial charge in [0.1, 0.15) is 0 Å². The molecule has 3 aliphatic carbocycles. The van der Waals surface area contributed by atoms with Crippen LogP contribution < -0.4 is 5.43 Å². The van der Waals surface area contributed by atoms with Crippen LogP contribution >= 0.6 is 0 Å². The lowest BCUT2D eigenvalue weighted by Gasteiger charge is -2.27. The summed E-state index contributed by atoms with van der Waals surface area (Å²) in [6.45, 7) is 1.12. The molecule has 0 amide bonds. The van der Waals surface area contributed by atoms with Crippen LogP contribution in [0, 0.1) is 11.3 Å². The lowest BCUT2D eigenvalue weighted by Crippen LogP contribution is -2.27. The summed E-state index contributed by atoms with van der Waals surface area (Å²) in [5.41, 5.74) is 5.40. The van der Waals surface area contributed by atoms with Crippen LogP contribution in [0.5, 0.6) is 0 Å². The van der Waals surface area contributed by atoms with Gasteiger partial charge >= 0.3 is 0 Å². The van der Waals surface area contributed by atoms with Crippen LogP contribution in [-0.2, 0) is 0 Å². The molecule has 12 heavy (non-hydrogen) atoms. The molecule has 0 saturated heterocycles. The first-order valence-corrected chi connectivity index (χ1v) is 5.15. The molecule has 0 heterocycles. The first kappa shape index (κ1) is 6.93. The number of hydrogen-bond acceptors (Lipinski definition) is 2. The predicted octanol–water partition coefficient (Wildman–Crippen LogP) is 1.92. The van der Waals surface area contributed by atoms with E-state index in [2.05, 4.69) is 10.5 Å². The minimum atomic E-state index is 0.778. The van der Waals surface area contributed by atoms with E-state index in [1.54, 1.807) is 0 Å². The maximum absolute atomic E-state index is 4.41. The fourth-order valence-corrected chi connectivity index (χ4v) is 2.03. The van der Waals surface area contributed by atoms with Crippen molar-refractivity contribution >= 4 is 5.71 Å². The van der Waals surface area contributed by atoms with Crippen LogP contribution in [-0.4, -0.2) is 12.3 Å². The zero-order valence-corrected chi connectivity index (χ0v) is 7.47. The van der Waals surface area contributed by atoms with Crippen molar-refractivity contribution in [3.8, 4) is 0 Å². The summed E-state index contributed by atoms with van der Waals surface area (Å²) >= 11 is 0. The highest BCUT2D eigenvalue weighted by molar-refractivity contribution is 5.92. The summed E-state index contributed by atoms with van der Waals surface area (Å²) in [6.07, 6.45) is 8.36. The van der Waals surface area contributed by atoms with Crippen molar-refractivity contribution in [2.24, 2.45) is 16.4 Å². The number of hydrogen-bond donors (Lipinski definition) is 1. The monoisotopic (exact) mass is 164 g/mol. The quantitative estimate of drug-likeness (QED) is 0.633. The van der Waals surface area contributed by atoms with Crippen LogP contribution in [0.25, 0.3) is 0 Å².